The summed E-state index contributed by atoms with van der Waals surface area (Å²) in [6.07, 6.45) is 7.85. The molecule has 0 aliphatic carbocycles. The van der Waals surface area contributed by atoms with Gasteiger partial charge in [0.05, 0.1) is 29.0 Å². The molecule has 0 radical (unpaired) electrons. The summed E-state index contributed by atoms with van der Waals surface area (Å²) in [7, 11) is 0. The standard InChI is InChI=1S/C25H28N2O4S/c1-2-18(10-8-17-31-25(29)20-12-9-16-30-20)22(24(28)27-14-6-3-7-15-27)23-26-19-11-4-5-13-21(19)32-23/h2,4-5,9,11-13,16,18,22H,1,3,6-8,10,14-15,17H2/t18-,22+/m1/s1. The van der Waals surface area contributed by atoms with E-state index in [0.717, 1.165) is 41.2 Å². The summed E-state index contributed by atoms with van der Waals surface area (Å²) in [4.78, 5) is 32.4. The molecule has 6 nitrogen and oxygen atoms in total. The number of fused-ring (bicyclic) bond motifs is 1. The Kier molecular flexibility index (Phi) is 7.37. The molecule has 2 atom stereocenters. The van der Waals surface area contributed by atoms with Crippen LogP contribution in [0.2, 0.25) is 0 Å². The third-order valence-corrected chi connectivity index (χ3v) is 7.00. The van der Waals surface area contributed by atoms with E-state index in [-0.39, 0.29) is 30.1 Å². The maximum absolute atomic E-state index is 13.6. The highest BCUT2D eigenvalue weighted by Gasteiger charge is 2.34. The molecular weight excluding hydrogens is 424 g/mol. The van der Waals surface area contributed by atoms with Gasteiger partial charge < -0.3 is 14.1 Å². The quantitative estimate of drug-likeness (QED) is 0.246. The second-order valence-corrected chi connectivity index (χ2v) is 9.10. The van der Waals surface area contributed by atoms with Crippen molar-refractivity contribution in [2.24, 2.45) is 5.92 Å². The van der Waals surface area contributed by atoms with Crippen molar-refractivity contribution in [1.29, 1.82) is 0 Å². The van der Waals surface area contributed by atoms with Gasteiger partial charge >= 0.3 is 5.97 Å². The van der Waals surface area contributed by atoms with E-state index in [9.17, 15) is 9.59 Å². The summed E-state index contributed by atoms with van der Waals surface area (Å²) in [5.74, 6) is -0.618. The SMILES string of the molecule is C=C[C@H](CCCOC(=O)c1ccco1)[C@H](C(=O)N1CCCCC1)c1nc2ccccc2s1. The molecular formula is C25H28N2O4S. The minimum atomic E-state index is -0.475. The molecule has 2 aromatic heterocycles. The van der Waals surface area contributed by atoms with Gasteiger partial charge in [0.1, 0.15) is 5.01 Å². The fourth-order valence-electron chi connectivity index (χ4n) is 4.18. The lowest BCUT2D eigenvalue weighted by atomic mass is 9.87. The molecule has 168 valence electrons. The van der Waals surface area contributed by atoms with E-state index >= 15 is 0 Å². The molecule has 1 saturated heterocycles. The molecule has 1 aliphatic rings. The van der Waals surface area contributed by atoms with Crippen LogP contribution in [0.1, 0.15) is 53.6 Å². The number of thiazole rings is 1. The van der Waals surface area contributed by atoms with E-state index in [1.54, 1.807) is 23.5 Å². The topological polar surface area (TPSA) is 72.6 Å². The average molecular weight is 453 g/mol. The Balaban J connectivity index is 1.48. The monoisotopic (exact) mass is 452 g/mol. The first-order chi connectivity index (χ1) is 15.7. The lowest BCUT2D eigenvalue weighted by molar-refractivity contribution is -0.134. The van der Waals surface area contributed by atoms with Crippen LogP contribution in [-0.2, 0) is 9.53 Å². The number of piperidine rings is 1. The third kappa shape index (κ3) is 5.10. The summed E-state index contributed by atoms with van der Waals surface area (Å²) in [6, 6.07) is 11.2. The van der Waals surface area contributed by atoms with Gasteiger partial charge in [-0.25, -0.2) is 9.78 Å². The van der Waals surface area contributed by atoms with E-state index in [0.29, 0.717) is 12.8 Å². The van der Waals surface area contributed by atoms with Crippen molar-refractivity contribution in [2.45, 2.75) is 38.0 Å². The van der Waals surface area contributed by atoms with Crippen molar-refractivity contribution in [3.8, 4) is 0 Å². The second kappa shape index (κ2) is 10.6. The maximum Gasteiger partial charge on any atom is 0.374 e. The number of hydrogen-bond acceptors (Lipinski definition) is 6. The Hall–Kier alpha value is -2.93. The van der Waals surface area contributed by atoms with Gasteiger partial charge in [0.15, 0.2) is 0 Å². The fraction of sp³-hybridized carbons (Fsp3) is 0.400. The molecule has 1 fully saturated rings. The number of rotatable bonds is 9. The highest BCUT2D eigenvalue weighted by atomic mass is 32.1. The number of furan rings is 1. The van der Waals surface area contributed by atoms with Gasteiger partial charge in [-0.2, -0.15) is 0 Å². The van der Waals surface area contributed by atoms with Gasteiger partial charge in [0.2, 0.25) is 11.7 Å². The van der Waals surface area contributed by atoms with Crippen LogP contribution < -0.4 is 0 Å². The van der Waals surface area contributed by atoms with Gasteiger partial charge in [-0.3, -0.25) is 4.79 Å². The van der Waals surface area contributed by atoms with Crippen molar-refractivity contribution in [3.05, 3.63) is 66.1 Å². The number of likely N-dealkylation sites (tertiary alicyclic amines) is 1. The number of para-hydroxylation sites is 1. The van der Waals surface area contributed by atoms with Crippen LogP contribution in [0.3, 0.4) is 0 Å². The summed E-state index contributed by atoms with van der Waals surface area (Å²) in [5, 5.41) is 0.833. The number of esters is 1. The number of amides is 1. The first-order valence-electron chi connectivity index (χ1n) is 11.1. The molecule has 0 unspecified atom stereocenters. The van der Waals surface area contributed by atoms with E-state index in [1.165, 1.54) is 12.7 Å². The molecule has 7 heteroatoms. The highest BCUT2D eigenvalue weighted by Crippen LogP contribution is 2.36. The largest absolute Gasteiger partial charge is 0.460 e. The molecule has 3 heterocycles. The fourth-order valence-corrected chi connectivity index (χ4v) is 5.31. The van der Waals surface area contributed by atoms with Crippen molar-refractivity contribution in [3.63, 3.8) is 0 Å². The Morgan fingerprint density at radius 2 is 2.00 bits per heavy atom. The van der Waals surface area contributed by atoms with Crippen LogP contribution >= 0.6 is 11.3 Å². The van der Waals surface area contributed by atoms with Crippen LogP contribution in [0, 0.1) is 5.92 Å². The zero-order valence-electron chi connectivity index (χ0n) is 18.1. The first-order valence-corrected chi connectivity index (χ1v) is 12.0. The normalized spacial score (nSPS) is 15.9. The van der Waals surface area contributed by atoms with E-state index < -0.39 is 5.97 Å². The molecule has 0 saturated carbocycles. The summed E-state index contributed by atoms with van der Waals surface area (Å²) in [5.41, 5.74) is 0.916. The summed E-state index contributed by atoms with van der Waals surface area (Å²) in [6.45, 7) is 5.88. The number of carbonyl (C=O) groups is 2. The molecule has 0 spiro atoms. The number of ether oxygens (including phenoxy) is 1. The zero-order valence-corrected chi connectivity index (χ0v) is 18.9. The minimum Gasteiger partial charge on any atom is -0.460 e. The predicted molar refractivity (Wildman–Crippen MR) is 125 cm³/mol. The molecule has 1 aromatic carbocycles. The number of aromatic nitrogens is 1. The Bertz CT molecular complexity index is 1020. The van der Waals surface area contributed by atoms with E-state index in [1.807, 2.05) is 35.2 Å². The maximum atomic E-state index is 13.6. The van der Waals surface area contributed by atoms with Crippen molar-refractivity contribution >= 4 is 33.4 Å². The lowest BCUT2D eigenvalue weighted by Gasteiger charge is -2.32. The average Bonchev–Trinajstić information content (AvgIpc) is 3.51. The minimum absolute atomic E-state index is 0.0905. The van der Waals surface area contributed by atoms with E-state index in [2.05, 4.69) is 6.58 Å². The van der Waals surface area contributed by atoms with Gasteiger partial charge in [0, 0.05) is 13.1 Å². The number of hydrogen-bond donors (Lipinski definition) is 0. The Labute approximate surface area is 191 Å². The third-order valence-electron chi connectivity index (χ3n) is 5.88. The smallest absolute Gasteiger partial charge is 0.374 e. The highest BCUT2D eigenvalue weighted by molar-refractivity contribution is 7.18. The van der Waals surface area contributed by atoms with Crippen LogP contribution in [0.15, 0.2) is 59.7 Å². The Morgan fingerprint density at radius 3 is 2.72 bits per heavy atom. The van der Waals surface area contributed by atoms with Gasteiger partial charge in [-0.05, 0) is 62.3 Å². The van der Waals surface area contributed by atoms with Crippen LogP contribution in [0.4, 0.5) is 0 Å². The van der Waals surface area contributed by atoms with Crippen molar-refractivity contribution in [1.82, 2.24) is 9.88 Å². The zero-order chi connectivity index (χ0) is 22.3. The van der Waals surface area contributed by atoms with Gasteiger partial charge in [-0.15, -0.1) is 17.9 Å². The molecule has 0 N–H and O–H groups in total. The molecule has 1 amide bonds. The molecule has 0 bridgehead atoms. The van der Waals surface area contributed by atoms with Crippen molar-refractivity contribution in [2.75, 3.05) is 19.7 Å². The number of nitrogens with zero attached hydrogens (tertiary/aromatic N) is 2. The first kappa shape index (κ1) is 22.3. The molecule has 32 heavy (non-hydrogen) atoms. The summed E-state index contributed by atoms with van der Waals surface area (Å²) >= 11 is 1.58. The second-order valence-electron chi connectivity index (χ2n) is 8.04. The van der Waals surface area contributed by atoms with Crippen LogP contribution in [-0.4, -0.2) is 41.5 Å². The Morgan fingerprint density at radius 1 is 1.19 bits per heavy atom. The van der Waals surface area contributed by atoms with Gasteiger partial charge in [0.25, 0.3) is 0 Å². The van der Waals surface area contributed by atoms with Gasteiger partial charge in [-0.1, -0.05) is 18.2 Å². The summed E-state index contributed by atoms with van der Waals surface area (Å²) < 4.78 is 11.5. The van der Waals surface area contributed by atoms with E-state index in [4.69, 9.17) is 14.1 Å². The van der Waals surface area contributed by atoms with Crippen molar-refractivity contribution < 1.29 is 18.7 Å². The lowest BCUT2D eigenvalue weighted by Crippen LogP contribution is -2.40. The molecule has 1 aliphatic heterocycles. The predicted octanol–water partition coefficient (Wildman–Crippen LogP) is 5.42. The number of carbonyl (C=O) groups excluding carboxylic acids is 2. The van der Waals surface area contributed by atoms with Crippen LogP contribution in [0.25, 0.3) is 10.2 Å². The number of allylic oxidation sites excluding steroid dienone is 1. The van der Waals surface area contributed by atoms with Crippen LogP contribution in [0.5, 0.6) is 0 Å². The molecule has 4 rings (SSSR count). The molecule has 3 aromatic rings. The number of benzene rings is 1.